The summed E-state index contributed by atoms with van der Waals surface area (Å²) in [6.45, 7) is 1.90. The van der Waals surface area contributed by atoms with Crippen LogP contribution in [0.1, 0.15) is 24.4 Å². The molecular formula is C11H14N4O. The maximum Gasteiger partial charge on any atom is 0.182 e. The molecule has 5 nitrogen and oxygen atoms in total. The zero-order chi connectivity index (χ0) is 11.1. The van der Waals surface area contributed by atoms with Gasteiger partial charge in [0.2, 0.25) is 0 Å². The molecule has 5 heteroatoms. The van der Waals surface area contributed by atoms with E-state index >= 15 is 0 Å². The lowest BCUT2D eigenvalue weighted by molar-refractivity contribution is 0.151. The molecule has 16 heavy (non-hydrogen) atoms. The van der Waals surface area contributed by atoms with Gasteiger partial charge in [0, 0.05) is 18.8 Å². The van der Waals surface area contributed by atoms with Crippen molar-refractivity contribution in [1.29, 1.82) is 0 Å². The first kappa shape index (κ1) is 9.72. The predicted octanol–water partition coefficient (Wildman–Crippen LogP) is 0.746. The number of rotatable bonds is 3. The third-order valence-corrected chi connectivity index (χ3v) is 3.14. The van der Waals surface area contributed by atoms with E-state index in [0.717, 1.165) is 30.0 Å². The Labute approximate surface area is 93.2 Å². The van der Waals surface area contributed by atoms with Crippen molar-refractivity contribution >= 4 is 5.65 Å². The van der Waals surface area contributed by atoms with Gasteiger partial charge in [-0.05, 0) is 25.7 Å². The van der Waals surface area contributed by atoms with Gasteiger partial charge in [-0.3, -0.25) is 9.38 Å². The SMILES string of the molecule is Cc1nnc2c(CC(O)C3CC3)nccn12. The van der Waals surface area contributed by atoms with Crippen LogP contribution >= 0.6 is 0 Å². The monoisotopic (exact) mass is 218 g/mol. The lowest BCUT2D eigenvalue weighted by atomic mass is 10.1. The minimum absolute atomic E-state index is 0.282. The highest BCUT2D eigenvalue weighted by Crippen LogP contribution is 2.34. The molecule has 0 aromatic carbocycles. The van der Waals surface area contributed by atoms with Gasteiger partial charge in [0.25, 0.3) is 0 Å². The molecule has 1 fully saturated rings. The normalized spacial score (nSPS) is 17.9. The molecule has 1 unspecified atom stereocenters. The second-order valence-electron chi connectivity index (χ2n) is 4.42. The minimum Gasteiger partial charge on any atom is -0.392 e. The standard InChI is InChI=1S/C11H14N4O/c1-7-13-14-11-9(12-4-5-15(7)11)6-10(16)8-2-3-8/h4-5,8,10,16H,2-3,6H2,1H3. The number of nitrogens with zero attached hydrogens (tertiary/aromatic N) is 4. The number of aryl methyl sites for hydroxylation is 1. The number of aromatic nitrogens is 4. The third kappa shape index (κ3) is 1.57. The van der Waals surface area contributed by atoms with Gasteiger partial charge >= 0.3 is 0 Å². The van der Waals surface area contributed by atoms with Crippen molar-refractivity contribution in [2.75, 3.05) is 0 Å². The van der Waals surface area contributed by atoms with Crippen LogP contribution in [0.2, 0.25) is 0 Å². The fraction of sp³-hybridized carbons (Fsp3) is 0.545. The fourth-order valence-corrected chi connectivity index (χ4v) is 1.98. The Morgan fingerprint density at radius 2 is 2.31 bits per heavy atom. The van der Waals surface area contributed by atoms with Crippen molar-refractivity contribution in [2.24, 2.45) is 5.92 Å². The fourth-order valence-electron chi connectivity index (χ4n) is 1.98. The second-order valence-corrected chi connectivity index (χ2v) is 4.42. The van der Waals surface area contributed by atoms with Crippen molar-refractivity contribution in [3.63, 3.8) is 0 Å². The summed E-state index contributed by atoms with van der Waals surface area (Å²) in [4.78, 5) is 4.29. The highest BCUT2D eigenvalue weighted by molar-refractivity contribution is 5.43. The zero-order valence-corrected chi connectivity index (χ0v) is 9.17. The average Bonchev–Trinajstić information content (AvgIpc) is 3.05. The van der Waals surface area contributed by atoms with Gasteiger partial charge in [0.15, 0.2) is 5.65 Å². The second kappa shape index (κ2) is 3.52. The molecule has 0 amide bonds. The van der Waals surface area contributed by atoms with E-state index in [1.165, 1.54) is 0 Å². The van der Waals surface area contributed by atoms with E-state index in [1.807, 2.05) is 17.5 Å². The van der Waals surface area contributed by atoms with E-state index in [9.17, 15) is 5.11 Å². The van der Waals surface area contributed by atoms with Gasteiger partial charge in [0.1, 0.15) is 5.82 Å². The molecule has 0 saturated heterocycles. The van der Waals surface area contributed by atoms with Crippen LogP contribution in [0.3, 0.4) is 0 Å². The molecule has 1 saturated carbocycles. The Morgan fingerprint density at radius 1 is 1.50 bits per heavy atom. The van der Waals surface area contributed by atoms with Gasteiger partial charge in [-0.15, -0.1) is 10.2 Å². The highest BCUT2D eigenvalue weighted by Gasteiger charge is 2.30. The third-order valence-electron chi connectivity index (χ3n) is 3.14. The summed E-state index contributed by atoms with van der Waals surface area (Å²) in [6.07, 6.45) is 6.14. The van der Waals surface area contributed by atoms with Gasteiger partial charge < -0.3 is 5.11 Å². The molecule has 1 aliphatic carbocycles. The van der Waals surface area contributed by atoms with Gasteiger partial charge in [-0.25, -0.2) is 0 Å². The topological polar surface area (TPSA) is 63.3 Å². The molecule has 0 aliphatic heterocycles. The number of hydrogen-bond acceptors (Lipinski definition) is 4. The largest absolute Gasteiger partial charge is 0.392 e. The molecule has 1 aliphatic rings. The number of hydrogen-bond donors (Lipinski definition) is 1. The molecule has 2 heterocycles. The Bertz CT molecular complexity index is 518. The molecule has 3 rings (SSSR count). The summed E-state index contributed by atoms with van der Waals surface area (Å²) in [5, 5.41) is 18.0. The van der Waals surface area contributed by atoms with E-state index in [1.54, 1.807) is 6.20 Å². The molecular weight excluding hydrogens is 204 g/mol. The zero-order valence-electron chi connectivity index (χ0n) is 9.17. The molecule has 0 spiro atoms. The number of fused-ring (bicyclic) bond motifs is 1. The van der Waals surface area contributed by atoms with Crippen LogP contribution in [-0.4, -0.2) is 30.8 Å². The van der Waals surface area contributed by atoms with Crippen LogP contribution in [-0.2, 0) is 6.42 Å². The quantitative estimate of drug-likeness (QED) is 0.825. The van der Waals surface area contributed by atoms with E-state index < -0.39 is 0 Å². The highest BCUT2D eigenvalue weighted by atomic mass is 16.3. The van der Waals surface area contributed by atoms with E-state index in [-0.39, 0.29) is 6.10 Å². The average molecular weight is 218 g/mol. The molecule has 0 bridgehead atoms. The lowest BCUT2D eigenvalue weighted by Gasteiger charge is -2.08. The van der Waals surface area contributed by atoms with E-state index in [4.69, 9.17) is 0 Å². The van der Waals surface area contributed by atoms with Crippen molar-refractivity contribution in [1.82, 2.24) is 19.6 Å². The lowest BCUT2D eigenvalue weighted by Crippen LogP contribution is -2.14. The molecule has 2 aromatic rings. The summed E-state index contributed by atoms with van der Waals surface area (Å²) in [5.74, 6) is 1.31. The smallest absolute Gasteiger partial charge is 0.182 e. The van der Waals surface area contributed by atoms with Crippen LogP contribution in [0, 0.1) is 12.8 Å². The van der Waals surface area contributed by atoms with Crippen LogP contribution in [0.4, 0.5) is 0 Å². The molecule has 1 atom stereocenters. The minimum atomic E-state index is -0.282. The van der Waals surface area contributed by atoms with Crippen LogP contribution in [0.15, 0.2) is 12.4 Å². The molecule has 1 N–H and O–H groups in total. The predicted molar refractivity (Wildman–Crippen MR) is 58.0 cm³/mol. The Kier molecular flexibility index (Phi) is 2.14. The van der Waals surface area contributed by atoms with Crippen molar-refractivity contribution in [2.45, 2.75) is 32.3 Å². The summed E-state index contributed by atoms with van der Waals surface area (Å²) >= 11 is 0. The summed E-state index contributed by atoms with van der Waals surface area (Å²) in [6, 6.07) is 0. The maximum absolute atomic E-state index is 9.91. The summed E-state index contributed by atoms with van der Waals surface area (Å²) in [5.41, 5.74) is 1.60. The Morgan fingerprint density at radius 3 is 3.06 bits per heavy atom. The van der Waals surface area contributed by atoms with Gasteiger partial charge in [-0.1, -0.05) is 0 Å². The molecule has 0 radical (unpaired) electrons. The van der Waals surface area contributed by atoms with Gasteiger partial charge in [0.05, 0.1) is 11.8 Å². The van der Waals surface area contributed by atoms with Crippen LogP contribution < -0.4 is 0 Å². The Hall–Kier alpha value is -1.49. The van der Waals surface area contributed by atoms with Crippen molar-refractivity contribution in [3.8, 4) is 0 Å². The summed E-state index contributed by atoms with van der Waals surface area (Å²) in [7, 11) is 0. The van der Waals surface area contributed by atoms with Crippen molar-refractivity contribution < 1.29 is 5.11 Å². The first-order valence-electron chi connectivity index (χ1n) is 5.59. The summed E-state index contributed by atoms with van der Waals surface area (Å²) < 4.78 is 1.90. The van der Waals surface area contributed by atoms with Gasteiger partial charge in [-0.2, -0.15) is 0 Å². The number of aliphatic hydroxyl groups is 1. The van der Waals surface area contributed by atoms with E-state index in [2.05, 4.69) is 15.2 Å². The Balaban J connectivity index is 1.96. The molecule has 2 aromatic heterocycles. The first-order valence-corrected chi connectivity index (χ1v) is 5.59. The van der Waals surface area contributed by atoms with Crippen LogP contribution in [0.25, 0.3) is 5.65 Å². The maximum atomic E-state index is 9.91. The number of aliphatic hydroxyl groups excluding tert-OH is 1. The first-order chi connectivity index (χ1) is 7.75. The molecule has 84 valence electrons. The van der Waals surface area contributed by atoms with Crippen LogP contribution in [0.5, 0.6) is 0 Å². The van der Waals surface area contributed by atoms with E-state index in [0.29, 0.717) is 12.3 Å². The van der Waals surface area contributed by atoms with Crippen molar-refractivity contribution in [3.05, 3.63) is 23.9 Å².